The zero-order valence-electron chi connectivity index (χ0n) is 10.6. The molecule has 2 aromatic rings. The molecule has 0 saturated carbocycles. The quantitative estimate of drug-likeness (QED) is 0.792. The molecule has 0 spiro atoms. The molecule has 1 atom stereocenters. The molecule has 19 heavy (non-hydrogen) atoms. The van der Waals surface area contributed by atoms with Crippen LogP contribution in [-0.4, -0.2) is 42.3 Å². The Morgan fingerprint density at radius 1 is 1.58 bits per heavy atom. The lowest BCUT2D eigenvalue weighted by Crippen LogP contribution is -2.34. The van der Waals surface area contributed by atoms with E-state index >= 15 is 0 Å². The van der Waals surface area contributed by atoms with Crippen LogP contribution in [0.5, 0.6) is 0 Å². The molecule has 8 heteroatoms. The van der Waals surface area contributed by atoms with Gasteiger partial charge in [-0.1, -0.05) is 5.16 Å². The molecule has 100 valence electrons. The fourth-order valence-electron chi connectivity index (χ4n) is 2.33. The maximum absolute atomic E-state index is 12.3. The Bertz CT molecular complexity index is 564. The summed E-state index contributed by atoms with van der Waals surface area (Å²) in [4.78, 5) is 22.1. The van der Waals surface area contributed by atoms with Gasteiger partial charge in [-0.25, -0.2) is 9.67 Å². The maximum Gasteiger partial charge on any atom is 0.244 e. The van der Waals surface area contributed by atoms with Gasteiger partial charge in [0.1, 0.15) is 19.2 Å². The van der Waals surface area contributed by atoms with E-state index in [1.165, 1.54) is 17.3 Å². The third kappa shape index (κ3) is 2.33. The number of aromatic nitrogens is 5. The zero-order valence-corrected chi connectivity index (χ0v) is 10.6. The van der Waals surface area contributed by atoms with Gasteiger partial charge in [-0.15, -0.1) is 0 Å². The Balaban J connectivity index is 1.74. The molecule has 0 unspecified atom stereocenters. The van der Waals surface area contributed by atoms with Crippen LogP contribution in [0.3, 0.4) is 0 Å². The molecule has 2 aromatic heterocycles. The van der Waals surface area contributed by atoms with Gasteiger partial charge in [0, 0.05) is 13.5 Å². The zero-order chi connectivity index (χ0) is 13.2. The number of nitrogens with zero attached hydrogens (tertiary/aromatic N) is 6. The fourth-order valence-corrected chi connectivity index (χ4v) is 2.33. The standard InChI is InChI=1S/C11H14N6O2/c1-8-14-11(15-19-8)9-3-2-4-17(9)10(18)5-16-7-12-6-13-16/h6-7,9H,2-5H2,1H3/t9-/m0/s1. The van der Waals surface area contributed by atoms with Crippen LogP contribution in [0.15, 0.2) is 17.2 Å². The monoisotopic (exact) mass is 262 g/mol. The first kappa shape index (κ1) is 11.8. The van der Waals surface area contributed by atoms with Crippen LogP contribution >= 0.6 is 0 Å². The molecule has 0 aliphatic carbocycles. The number of amides is 1. The van der Waals surface area contributed by atoms with Gasteiger partial charge in [0.25, 0.3) is 0 Å². The number of hydrogen-bond donors (Lipinski definition) is 0. The number of carbonyl (C=O) groups excluding carboxylic acids is 1. The lowest BCUT2D eigenvalue weighted by molar-refractivity contribution is -0.133. The van der Waals surface area contributed by atoms with Gasteiger partial charge in [-0.3, -0.25) is 4.79 Å². The predicted molar refractivity (Wildman–Crippen MR) is 62.7 cm³/mol. The second-order valence-corrected chi connectivity index (χ2v) is 4.51. The summed E-state index contributed by atoms with van der Waals surface area (Å²) in [5, 5.41) is 7.85. The third-order valence-electron chi connectivity index (χ3n) is 3.18. The number of aryl methyl sites for hydroxylation is 1. The summed E-state index contributed by atoms with van der Waals surface area (Å²) in [6, 6.07) is -0.0894. The molecular weight excluding hydrogens is 248 g/mol. The smallest absolute Gasteiger partial charge is 0.244 e. The molecule has 0 bridgehead atoms. The molecule has 1 aliphatic heterocycles. The van der Waals surface area contributed by atoms with E-state index in [9.17, 15) is 4.79 Å². The molecule has 1 aliphatic rings. The van der Waals surface area contributed by atoms with Gasteiger partial charge in [-0.05, 0) is 12.8 Å². The number of hydrogen-bond acceptors (Lipinski definition) is 6. The first-order valence-corrected chi connectivity index (χ1v) is 6.16. The van der Waals surface area contributed by atoms with Gasteiger partial charge in [-0.2, -0.15) is 10.1 Å². The van der Waals surface area contributed by atoms with Crippen LogP contribution in [0.25, 0.3) is 0 Å². The van der Waals surface area contributed by atoms with Crippen molar-refractivity contribution < 1.29 is 9.32 Å². The Morgan fingerprint density at radius 3 is 3.16 bits per heavy atom. The van der Waals surface area contributed by atoms with Crippen molar-refractivity contribution in [2.45, 2.75) is 32.4 Å². The molecule has 1 fully saturated rings. The average Bonchev–Trinajstić information content (AvgIpc) is 3.07. The molecule has 3 heterocycles. The summed E-state index contributed by atoms with van der Waals surface area (Å²) in [6.07, 6.45) is 4.75. The number of rotatable bonds is 3. The summed E-state index contributed by atoms with van der Waals surface area (Å²) in [5.41, 5.74) is 0. The van der Waals surface area contributed by atoms with Crippen molar-refractivity contribution in [3.05, 3.63) is 24.4 Å². The Hall–Kier alpha value is -2.25. The van der Waals surface area contributed by atoms with Gasteiger partial charge >= 0.3 is 0 Å². The van der Waals surface area contributed by atoms with Gasteiger partial charge in [0.2, 0.25) is 11.8 Å². The molecule has 8 nitrogen and oxygen atoms in total. The van der Waals surface area contributed by atoms with E-state index in [1.807, 2.05) is 0 Å². The highest BCUT2D eigenvalue weighted by Crippen LogP contribution is 2.30. The lowest BCUT2D eigenvalue weighted by Gasteiger charge is -2.21. The predicted octanol–water partition coefficient (Wildman–Crippen LogP) is 0.333. The van der Waals surface area contributed by atoms with E-state index in [1.54, 1.807) is 11.8 Å². The fraction of sp³-hybridized carbons (Fsp3) is 0.545. The van der Waals surface area contributed by atoms with E-state index in [2.05, 4.69) is 20.2 Å². The summed E-state index contributed by atoms with van der Waals surface area (Å²) in [6.45, 7) is 2.64. The van der Waals surface area contributed by atoms with Crippen LogP contribution in [0.1, 0.15) is 30.6 Å². The number of likely N-dealkylation sites (tertiary alicyclic amines) is 1. The first-order chi connectivity index (χ1) is 9.24. The minimum atomic E-state index is -0.0894. The molecule has 1 amide bonds. The van der Waals surface area contributed by atoms with E-state index in [4.69, 9.17) is 4.52 Å². The van der Waals surface area contributed by atoms with Gasteiger partial charge in [0.05, 0.1) is 6.04 Å². The van der Waals surface area contributed by atoms with Crippen LogP contribution in [0.2, 0.25) is 0 Å². The topological polar surface area (TPSA) is 89.9 Å². The second kappa shape index (κ2) is 4.79. The van der Waals surface area contributed by atoms with E-state index in [0.717, 1.165) is 12.8 Å². The van der Waals surface area contributed by atoms with Gasteiger partial charge in [0.15, 0.2) is 5.82 Å². The third-order valence-corrected chi connectivity index (χ3v) is 3.18. The summed E-state index contributed by atoms with van der Waals surface area (Å²) in [7, 11) is 0. The Morgan fingerprint density at radius 2 is 2.47 bits per heavy atom. The Kier molecular flexibility index (Phi) is 2.98. The molecule has 1 saturated heterocycles. The van der Waals surface area contributed by atoms with Crippen molar-refractivity contribution in [3.63, 3.8) is 0 Å². The highest BCUT2D eigenvalue weighted by atomic mass is 16.5. The molecular formula is C11H14N6O2. The molecule has 0 aromatic carbocycles. The maximum atomic E-state index is 12.3. The minimum Gasteiger partial charge on any atom is -0.340 e. The molecule has 3 rings (SSSR count). The largest absolute Gasteiger partial charge is 0.340 e. The summed E-state index contributed by atoms with van der Waals surface area (Å²) in [5.74, 6) is 1.10. The molecule has 0 radical (unpaired) electrons. The van der Waals surface area contributed by atoms with E-state index in [0.29, 0.717) is 18.3 Å². The van der Waals surface area contributed by atoms with Crippen molar-refractivity contribution in [1.82, 2.24) is 29.8 Å². The SMILES string of the molecule is Cc1nc([C@@H]2CCCN2C(=O)Cn2cncn2)no1. The van der Waals surface area contributed by atoms with Crippen molar-refractivity contribution in [2.75, 3.05) is 6.54 Å². The van der Waals surface area contributed by atoms with E-state index in [-0.39, 0.29) is 18.5 Å². The number of carbonyl (C=O) groups is 1. The van der Waals surface area contributed by atoms with Crippen molar-refractivity contribution in [1.29, 1.82) is 0 Å². The first-order valence-electron chi connectivity index (χ1n) is 6.16. The average molecular weight is 262 g/mol. The van der Waals surface area contributed by atoms with Gasteiger partial charge < -0.3 is 9.42 Å². The van der Waals surface area contributed by atoms with Crippen molar-refractivity contribution in [3.8, 4) is 0 Å². The normalized spacial score (nSPS) is 19.0. The minimum absolute atomic E-state index is 0.00421. The highest BCUT2D eigenvalue weighted by molar-refractivity contribution is 5.76. The van der Waals surface area contributed by atoms with Crippen LogP contribution in [-0.2, 0) is 11.3 Å². The van der Waals surface area contributed by atoms with Crippen LogP contribution < -0.4 is 0 Å². The summed E-state index contributed by atoms with van der Waals surface area (Å²) < 4.78 is 6.50. The Labute approximate surface area is 109 Å². The lowest BCUT2D eigenvalue weighted by atomic mass is 10.2. The molecule has 0 N–H and O–H groups in total. The van der Waals surface area contributed by atoms with Crippen LogP contribution in [0, 0.1) is 6.92 Å². The van der Waals surface area contributed by atoms with Crippen LogP contribution in [0.4, 0.5) is 0 Å². The van der Waals surface area contributed by atoms with Crippen molar-refractivity contribution in [2.24, 2.45) is 0 Å². The summed E-state index contributed by atoms with van der Waals surface area (Å²) >= 11 is 0. The highest BCUT2D eigenvalue weighted by Gasteiger charge is 2.33. The van der Waals surface area contributed by atoms with Crippen molar-refractivity contribution >= 4 is 5.91 Å². The second-order valence-electron chi connectivity index (χ2n) is 4.51. The van der Waals surface area contributed by atoms with E-state index < -0.39 is 0 Å².